The van der Waals surface area contributed by atoms with Crippen molar-refractivity contribution in [1.82, 2.24) is 0 Å². The van der Waals surface area contributed by atoms with E-state index in [0.29, 0.717) is 15.6 Å². The van der Waals surface area contributed by atoms with E-state index >= 15 is 0 Å². The Morgan fingerprint density at radius 3 is 2.67 bits per heavy atom. The van der Waals surface area contributed by atoms with Crippen LogP contribution < -0.4 is 4.90 Å². The van der Waals surface area contributed by atoms with Crippen molar-refractivity contribution in [3.05, 3.63) is 69.6 Å². The van der Waals surface area contributed by atoms with Gasteiger partial charge in [-0.1, -0.05) is 53.2 Å². The van der Waals surface area contributed by atoms with E-state index in [2.05, 4.69) is 11.1 Å². The number of amides is 1. The van der Waals surface area contributed by atoms with Crippen molar-refractivity contribution in [1.29, 1.82) is 5.26 Å². The third kappa shape index (κ3) is 4.16. The number of thioether (sulfide) groups is 1. The van der Waals surface area contributed by atoms with Gasteiger partial charge in [0, 0.05) is 0 Å². The molecule has 27 heavy (non-hydrogen) atoms. The standard InChI is InChI=1S/C19H12Cl2FN3OS/c1-11(10-23)27-19-24-16(9-12-6-7-13(20)14(21)8-12)18(26)25(19)17-5-3-2-4-15(17)22/h2-9,11H,1H3. The molecule has 1 atom stereocenters. The molecule has 4 nitrogen and oxygen atoms in total. The Kier molecular flexibility index (Phi) is 5.85. The molecule has 0 N–H and O–H groups in total. The monoisotopic (exact) mass is 419 g/mol. The predicted octanol–water partition coefficient (Wildman–Crippen LogP) is 5.52. The average molecular weight is 420 g/mol. The van der Waals surface area contributed by atoms with Crippen LogP contribution in [-0.4, -0.2) is 16.3 Å². The first-order chi connectivity index (χ1) is 12.9. The lowest BCUT2D eigenvalue weighted by Gasteiger charge is -2.18. The lowest BCUT2D eigenvalue weighted by atomic mass is 10.2. The van der Waals surface area contributed by atoms with Crippen LogP contribution in [0.25, 0.3) is 6.08 Å². The molecule has 1 unspecified atom stereocenters. The summed E-state index contributed by atoms with van der Waals surface area (Å²) in [6.45, 7) is 1.68. The molecule has 2 aromatic carbocycles. The summed E-state index contributed by atoms with van der Waals surface area (Å²) in [4.78, 5) is 18.4. The first kappa shape index (κ1) is 19.4. The molecular weight excluding hydrogens is 408 g/mol. The molecule has 0 radical (unpaired) electrons. The maximum absolute atomic E-state index is 14.3. The molecule has 136 valence electrons. The van der Waals surface area contributed by atoms with Crippen molar-refractivity contribution in [3.63, 3.8) is 0 Å². The molecule has 3 rings (SSSR count). The van der Waals surface area contributed by atoms with E-state index in [1.165, 1.54) is 23.1 Å². The van der Waals surface area contributed by atoms with E-state index in [4.69, 9.17) is 28.5 Å². The Morgan fingerprint density at radius 1 is 1.26 bits per heavy atom. The molecule has 0 fully saturated rings. The van der Waals surface area contributed by atoms with Crippen LogP contribution in [0, 0.1) is 17.1 Å². The zero-order valence-electron chi connectivity index (χ0n) is 14.0. The minimum Gasteiger partial charge on any atom is -0.266 e. The van der Waals surface area contributed by atoms with Gasteiger partial charge in [0.25, 0.3) is 5.91 Å². The van der Waals surface area contributed by atoms with Gasteiger partial charge in [0.1, 0.15) is 11.5 Å². The summed E-state index contributed by atoms with van der Waals surface area (Å²) in [6.07, 6.45) is 1.54. The van der Waals surface area contributed by atoms with E-state index in [1.807, 2.05) is 0 Å². The highest BCUT2D eigenvalue weighted by atomic mass is 35.5. The van der Waals surface area contributed by atoms with Crippen LogP contribution in [0.5, 0.6) is 0 Å². The summed E-state index contributed by atoms with van der Waals surface area (Å²) in [5, 5.41) is 9.61. The predicted molar refractivity (Wildman–Crippen MR) is 108 cm³/mol. The molecule has 1 amide bonds. The highest BCUT2D eigenvalue weighted by Gasteiger charge is 2.34. The van der Waals surface area contributed by atoms with Crippen LogP contribution in [0.2, 0.25) is 10.0 Å². The number of nitrogens with zero attached hydrogens (tertiary/aromatic N) is 3. The SMILES string of the molecule is CC(C#N)SC1=NC(=Cc2ccc(Cl)c(Cl)c2)C(=O)N1c1ccccc1F. The van der Waals surface area contributed by atoms with Crippen LogP contribution in [0.1, 0.15) is 12.5 Å². The van der Waals surface area contributed by atoms with Gasteiger partial charge in [-0.05, 0) is 42.8 Å². The van der Waals surface area contributed by atoms with Crippen molar-refractivity contribution < 1.29 is 9.18 Å². The quantitative estimate of drug-likeness (QED) is 0.615. The van der Waals surface area contributed by atoms with Gasteiger partial charge in [-0.3, -0.25) is 9.69 Å². The molecule has 0 saturated carbocycles. The topological polar surface area (TPSA) is 56.5 Å². The molecule has 2 aromatic rings. The van der Waals surface area contributed by atoms with Gasteiger partial charge in [-0.25, -0.2) is 9.38 Å². The second-order valence-corrected chi connectivity index (χ2v) is 7.70. The maximum atomic E-state index is 14.3. The van der Waals surface area contributed by atoms with Gasteiger partial charge in [0.15, 0.2) is 5.17 Å². The van der Waals surface area contributed by atoms with E-state index in [9.17, 15) is 9.18 Å². The lowest BCUT2D eigenvalue weighted by Crippen LogP contribution is -2.31. The molecule has 1 heterocycles. The highest BCUT2D eigenvalue weighted by molar-refractivity contribution is 8.15. The number of amidine groups is 1. The Bertz CT molecular complexity index is 1020. The van der Waals surface area contributed by atoms with Crippen LogP contribution in [-0.2, 0) is 4.79 Å². The van der Waals surface area contributed by atoms with E-state index in [1.54, 1.807) is 37.3 Å². The minimum atomic E-state index is -0.556. The van der Waals surface area contributed by atoms with Crippen molar-refractivity contribution in [2.45, 2.75) is 12.2 Å². The first-order valence-electron chi connectivity index (χ1n) is 7.81. The van der Waals surface area contributed by atoms with Gasteiger partial charge < -0.3 is 0 Å². The third-order valence-electron chi connectivity index (χ3n) is 3.63. The molecule has 8 heteroatoms. The second-order valence-electron chi connectivity index (χ2n) is 5.58. The number of hydrogen-bond donors (Lipinski definition) is 0. The maximum Gasteiger partial charge on any atom is 0.283 e. The molecular formula is C19H12Cl2FN3OS. The summed E-state index contributed by atoms with van der Waals surface area (Å²) in [5.74, 6) is -1.04. The summed E-state index contributed by atoms with van der Waals surface area (Å²) in [5.41, 5.74) is 0.824. The number of carbonyl (C=O) groups is 1. The third-order valence-corrected chi connectivity index (χ3v) is 5.32. The number of para-hydroxylation sites is 1. The molecule has 0 spiro atoms. The van der Waals surface area contributed by atoms with E-state index in [0.717, 1.165) is 11.8 Å². The van der Waals surface area contributed by atoms with Gasteiger partial charge in [0.2, 0.25) is 0 Å². The summed E-state index contributed by atoms with van der Waals surface area (Å²) in [6, 6.07) is 12.9. The zero-order valence-corrected chi connectivity index (χ0v) is 16.3. The Morgan fingerprint density at radius 2 is 2.00 bits per heavy atom. The molecule has 0 bridgehead atoms. The molecule has 1 aliphatic rings. The summed E-state index contributed by atoms with van der Waals surface area (Å²) >= 11 is 13.0. The van der Waals surface area contributed by atoms with E-state index < -0.39 is 17.0 Å². The van der Waals surface area contributed by atoms with Crippen LogP contribution >= 0.6 is 35.0 Å². The molecule has 0 aliphatic carbocycles. The first-order valence-corrected chi connectivity index (χ1v) is 9.45. The van der Waals surface area contributed by atoms with Crippen molar-refractivity contribution >= 4 is 57.8 Å². The smallest absolute Gasteiger partial charge is 0.266 e. The van der Waals surface area contributed by atoms with Crippen molar-refractivity contribution in [2.75, 3.05) is 4.90 Å². The minimum absolute atomic E-state index is 0.0800. The number of halogens is 3. The number of hydrogen-bond acceptors (Lipinski definition) is 4. The Labute approximate surface area is 169 Å². The van der Waals surface area contributed by atoms with Gasteiger partial charge in [-0.2, -0.15) is 5.26 Å². The average Bonchev–Trinajstić information content (AvgIpc) is 2.93. The van der Waals surface area contributed by atoms with Crippen molar-refractivity contribution in [3.8, 4) is 6.07 Å². The second kappa shape index (κ2) is 8.13. The lowest BCUT2D eigenvalue weighted by molar-refractivity contribution is -0.113. The zero-order chi connectivity index (χ0) is 19.6. The summed E-state index contributed by atoms with van der Waals surface area (Å²) < 4.78 is 14.3. The Balaban J connectivity index is 2.05. The molecule has 1 aliphatic heterocycles. The van der Waals surface area contributed by atoms with E-state index in [-0.39, 0.29) is 16.6 Å². The number of aliphatic imine (C=N–C) groups is 1. The van der Waals surface area contributed by atoms with Gasteiger partial charge in [0.05, 0.1) is 27.1 Å². The number of carbonyl (C=O) groups excluding carboxylic acids is 1. The number of anilines is 1. The summed E-state index contributed by atoms with van der Waals surface area (Å²) in [7, 11) is 0. The van der Waals surface area contributed by atoms with Crippen LogP contribution in [0.15, 0.2) is 53.2 Å². The molecule has 0 saturated heterocycles. The van der Waals surface area contributed by atoms with Crippen molar-refractivity contribution in [2.24, 2.45) is 4.99 Å². The Hall–Kier alpha value is -2.33. The number of benzene rings is 2. The van der Waals surface area contributed by atoms with Gasteiger partial charge >= 0.3 is 0 Å². The number of rotatable bonds is 3. The fourth-order valence-corrected chi connectivity index (χ4v) is 3.48. The largest absolute Gasteiger partial charge is 0.283 e. The number of nitriles is 1. The van der Waals surface area contributed by atoms with Crippen LogP contribution in [0.4, 0.5) is 10.1 Å². The normalized spacial score (nSPS) is 16.4. The van der Waals surface area contributed by atoms with Gasteiger partial charge in [-0.15, -0.1) is 0 Å². The molecule has 0 aromatic heterocycles. The fraction of sp³-hybridized carbons (Fsp3) is 0.105. The van der Waals surface area contributed by atoms with Crippen LogP contribution in [0.3, 0.4) is 0 Å². The highest BCUT2D eigenvalue weighted by Crippen LogP contribution is 2.33. The fourth-order valence-electron chi connectivity index (χ4n) is 2.37.